The fraction of sp³-hybridized carbons (Fsp3) is 0.0732. The van der Waals surface area contributed by atoms with Crippen LogP contribution in [0.4, 0.5) is 0 Å². The summed E-state index contributed by atoms with van der Waals surface area (Å²) in [6.45, 7) is 4.09. The molecule has 220 valence electrons. The third kappa shape index (κ3) is 7.09. The van der Waals surface area contributed by atoms with Crippen LogP contribution in [-0.4, -0.2) is 11.6 Å². The lowest BCUT2D eigenvalue weighted by Gasteiger charge is -2.10. The molecular weight excluding hydrogens is 556 g/mol. The average molecular weight is 589 g/mol. The molecule has 0 N–H and O–H groups in total. The fourth-order valence-electron chi connectivity index (χ4n) is 4.98. The van der Waals surface area contributed by atoms with Crippen LogP contribution < -0.4 is 9.47 Å². The lowest BCUT2D eigenvalue weighted by atomic mass is 10.0. The molecule has 0 aliphatic rings. The summed E-state index contributed by atoms with van der Waals surface area (Å²) in [6.07, 6.45) is 0.944. The molecule has 0 radical (unpaired) electrons. The van der Waals surface area contributed by atoms with Crippen LogP contribution in [0.3, 0.4) is 0 Å². The van der Waals surface area contributed by atoms with Crippen molar-refractivity contribution in [3.05, 3.63) is 179 Å². The minimum Gasteiger partial charge on any atom is -0.457 e. The standard InChI is InChI=1S/C41H32O4/c1-3-29-6-10-33(11-7-29)41(43)35-18-26-39(27-19-35)45-37-22-14-31(15-23-37)30-12-20-36(21-13-30)44-38-24-16-34(17-25-38)40(42)32-8-4-28(2)5-9-32/h4-27H,3H2,1-2H3. The van der Waals surface area contributed by atoms with Gasteiger partial charge in [-0.1, -0.05) is 85.3 Å². The van der Waals surface area contributed by atoms with Gasteiger partial charge in [-0.05, 0) is 103 Å². The van der Waals surface area contributed by atoms with Crippen LogP contribution in [0.15, 0.2) is 146 Å². The highest BCUT2D eigenvalue weighted by Gasteiger charge is 2.11. The molecule has 6 aromatic carbocycles. The van der Waals surface area contributed by atoms with Gasteiger partial charge in [-0.15, -0.1) is 0 Å². The molecule has 0 aliphatic carbocycles. The molecule has 0 spiro atoms. The molecule has 0 saturated heterocycles. The Labute approximate surface area is 263 Å². The second kappa shape index (κ2) is 13.3. The lowest BCUT2D eigenvalue weighted by Crippen LogP contribution is -2.01. The van der Waals surface area contributed by atoms with Crippen LogP contribution in [0.25, 0.3) is 11.1 Å². The van der Waals surface area contributed by atoms with Crippen LogP contribution >= 0.6 is 0 Å². The Morgan fingerprint density at radius 2 is 0.711 bits per heavy atom. The normalized spacial score (nSPS) is 10.7. The molecule has 0 amide bonds. The van der Waals surface area contributed by atoms with Gasteiger partial charge < -0.3 is 9.47 Å². The van der Waals surface area contributed by atoms with Crippen molar-refractivity contribution in [2.24, 2.45) is 0 Å². The van der Waals surface area contributed by atoms with Gasteiger partial charge in [0.15, 0.2) is 11.6 Å². The number of carbonyl (C=O) groups excluding carboxylic acids is 2. The van der Waals surface area contributed by atoms with Crippen molar-refractivity contribution in [1.29, 1.82) is 0 Å². The first-order chi connectivity index (χ1) is 21.9. The summed E-state index contributed by atoms with van der Waals surface area (Å²) in [4.78, 5) is 25.6. The zero-order chi connectivity index (χ0) is 31.2. The Morgan fingerprint density at radius 1 is 0.422 bits per heavy atom. The Bertz CT molecular complexity index is 1900. The number of aryl methyl sites for hydroxylation is 2. The topological polar surface area (TPSA) is 52.6 Å². The zero-order valence-electron chi connectivity index (χ0n) is 25.2. The Balaban J connectivity index is 1.04. The SMILES string of the molecule is CCc1ccc(C(=O)c2ccc(Oc3ccc(-c4ccc(Oc5ccc(C(=O)c6ccc(C)cc6)cc5)cc4)cc3)cc2)cc1. The predicted octanol–water partition coefficient (Wildman–Crippen LogP) is 10.3. The number of ketones is 2. The van der Waals surface area contributed by atoms with E-state index < -0.39 is 0 Å². The molecule has 0 saturated carbocycles. The van der Waals surface area contributed by atoms with E-state index in [1.54, 1.807) is 24.3 Å². The molecule has 0 unspecified atom stereocenters. The third-order valence-corrected chi connectivity index (χ3v) is 7.68. The second-order valence-corrected chi connectivity index (χ2v) is 10.9. The van der Waals surface area contributed by atoms with Gasteiger partial charge >= 0.3 is 0 Å². The predicted molar refractivity (Wildman–Crippen MR) is 179 cm³/mol. The quantitative estimate of drug-likeness (QED) is 0.149. The van der Waals surface area contributed by atoms with Gasteiger partial charge in [-0.2, -0.15) is 0 Å². The van der Waals surface area contributed by atoms with Crippen LogP contribution in [0.2, 0.25) is 0 Å². The maximum Gasteiger partial charge on any atom is 0.193 e. The van der Waals surface area contributed by atoms with E-state index in [0.29, 0.717) is 45.3 Å². The molecule has 0 aromatic heterocycles. The first kappa shape index (κ1) is 29.3. The van der Waals surface area contributed by atoms with Crippen molar-refractivity contribution in [3.8, 4) is 34.1 Å². The van der Waals surface area contributed by atoms with Gasteiger partial charge in [-0.3, -0.25) is 9.59 Å². The summed E-state index contributed by atoms with van der Waals surface area (Å²) in [6, 6.07) is 45.5. The molecule has 0 atom stereocenters. The van der Waals surface area contributed by atoms with E-state index >= 15 is 0 Å². The van der Waals surface area contributed by atoms with E-state index in [2.05, 4.69) is 6.92 Å². The second-order valence-electron chi connectivity index (χ2n) is 10.9. The summed E-state index contributed by atoms with van der Waals surface area (Å²) in [7, 11) is 0. The van der Waals surface area contributed by atoms with E-state index in [4.69, 9.17) is 9.47 Å². The minimum atomic E-state index is -0.0130. The molecule has 0 fully saturated rings. The smallest absolute Gasteiger partial charge is 0.193 e. The number of hydrogen-bond donors (Lipinski definition) is 0. The summed E-state index contributed by atoms with van der Waals surface area (Å²) in [5.74, 6) is 2.71. The van der Waals surface area contributed by atoms with Gasteiger partial charge in [-0.25, -0.2) is 0 Å². The molecule has 6 rings (SSSR count). The summed E-state index contributed by atoms with van der Waals surface area (Å²) in [5, 5.41) is 0. The molecule has 6 aromatic rings. The van der Waals surface area contributed by atoms with Crippen molar-refractivity contribution in [2.45, 2.75) is 20.3 Å². The number of hydrogen-bond acceptors (Lipinski definition) is 4. The van der Waals surface area contributed by atoms with Gasteiger partial charge in [0.05, 0.1) is 0 Å². The lowest BCUT2D eigenvalue weighted by molar-refractivity contribution is 0.103. The van der Waals surface area contributed by atoms with Crippen molar-refractivity contribution in [3.63, 3.8) is 0 Å². The van der Waals surface area contributed by atoms with Gasteiger partial charge in [0.1, 0.15) is 23.0 Å². The largest absolute Gasteiger partial charge is 0.457 e. The molecular formula is C41H32O4. The van der Waals surface area contributed by atoms with Crippen molar-refractivity contribution < 1.29 is 19.1 Å². The highest BCUT2D eigenvalue weighted by atomic mass is 16.5. The summed E-state index contributed by atoms with van der Waals surface area (Å²) >= 11 is 0. The third-order valence-electron chi connectivity index (χ3n) is 7.68. The van der Waals surface area contributed by atoms with Gasteiger partial charge in [0, 0.05) is 22.3 Å². The maximum absolute atomic E-state index is 12.8. The Morgan fingerprint density at radius 3 is 1.04 bits per heavy atom. The number of rotatable bonds is 10. The highest BCUT2D eigenvalue weighted by molar-refractivity contribution is 6.09. The zero-order valence-corrected chi connectivity index (χ0v) is 25.2. The van der Waals surface area contributed by atoms with Crippen LogP contribution in [-0.2, 0) is 6.42 Å². The van der Waals surface area contributed by atoms with Crippen LogP contribution in [0, 0.1) is 6.92 Å². The minimum absolute atomic E-state index is 0.00625. The summed E-state index contributed by atoms with van der Waals surface area (Å²) < 4.78 is 12.0. The Kier molecular flexibility index (Phi) is 8.65. The van der Waals surface area contributed by atoms with Crippen molar-refractivity contribution in [1.82, 2.24) is 0 Å². The fourth-order valence-corrected chi connectivity index (χ4v) is 4.98. The summed E-state index contributed by atoms with van der Waals surface area (Å²) in [5.41, 5.74) is 7.01. The first-order valence-electron chi connectivity index (χ1n) is 15.0. The molecule has 4 heteroatoms. The number of benzene rings is 6. The maximum atomic E-state index is 12.8. The molecule has 0 aliphatic heterocycles. The number of ether oxygens (including phenoxy) is 2. The molecule has 0 heterocycles. The average Bonchev–Trinajstić information content (AvgIpc) is 3.09. The van der Waals surface area contributed by atoms with Crippen molar-refractivity contribution >= 4 is 11.6 Å². The van der Waals surface area contributed by atoms with Crippen molar-refractivity contribution in [2.75, 3.05) is 0 Å². The van der Waals surface area contributed by atoms with Gasteiger partial charge in [0.25, 0.3) is 0 Å². The van der Waals surface area contributed by atoms with E-state index in [1.165, 1.54) is 5.56 Å². The van der Waals surface area contributed by atoms with Crippen LogP contribution in [0.1, 0.15) is 49.9 Å². The van der Waals surface area contributed by atoms with E-state index in [-0.39, 0.29) is 11.6 Å². The molecule has 4 nitrogen and oxygen atoms in total. The molecule has 0 bridgehead atoms. The Hall–Kier alpha value is -5.74. The van der Waals surface area contributed by atoms with Crippen LogP contribution in [0.5, 0.6) is 23.0 Å². The van der Waals surface area contributed by atoms with Gasteiger partial charge in [0.2, 0.25) is 0 Å². The highest BCUT2D eigenvalue weighted by Crippen LogP contribution is 2.29. The first-order valence-corrected chi connectivity index (χ1v) is 15.0. The van der Waals surface area contributed by atoms with E-state index in [9.17, 15) is 9.59 Å². The monoisotopic (exact) mass is 588 g/mol. The van der Waals surface area contributed by atoms with E-state index in [1.807, 2.05) is 128 Å². The van der Waals surface area contributed by atoms with E-state index in [0.717, 1.165) is 23.1 Å². The number of carbonyl (C=O) groups is 2. The molecule has 45 heavy (non-hydrogen) atoms.